The molecule has 5 nitrogen and oxygen atoms in total. The number of primary amides is 1. The molecule has 5 heteroatoms. The van der Waals surface area contributed by atoms with Gasteiger partial charge < -0.3 is 15.4 Å². The molecule has 1 aliphatic rings. The van der Waals surface area contributed by atoms with E-state index in [1.807, 2.05) is 18.2 Å². The average Bonchev–Trinajstić information content (AvgIpc) is 2.58. The van der Waals surface area contributed by atoms with Gasteiger partial charge in [-0.2, -0.15) is 0 Å². The van der Waals surface area contributed by atoms with Crippen LogP contribution in [0.5, 0.6) is 0 Å². The van der Waals surface area contributed by atoms with Crippen molar-refractivity contribution in [2.75, 3.05) is 26.3 Å². The van der Waals surface area contributed by atoms with Crippen molar-refractivity contribution in [3.05, 3.63) is 35.9 Å². The van der Waals surface area contributed by atoms with Crippen molar-refractivity contribution in [3.8, 4) is 0 Å². The molecule has 126 valence electrons. The lowest BCUT2D eigenvalue weighted by Gasteiger charge is -2.31. The first-order valence-corrected chi connectivity index (χ1v) is 8.35. The molecule has 0 aliphatic carbocycles. The predicted octanol–water partition coefficient (Wildman–Crippen LogP) is 1.75. The lowest BCUT2D eigenvalue weighted by atomic mass is 9.97. The van der Waals surface area contributed by atoms with Crippen molar-refractivity contribution in [2.24, 2.45) is 11.7 Å². The summed E-state index contributed by atoms with van der Waals surface area (Å²) in [6, 6.07) is 10.2. The molecule has 1 heterocycles. The molecule has 1 aromatic carbocycles. The molecule has 2 N–H and O–H groups in total. The summed E-state index contributed by atoms with van der Waals surface area (Å²) in [6.45, 7) is 2.47. The van der Waals surface area contributed by atoms with Crippen LogP contribution in [0.1, 0.15) is 31.2 Å². The van der Waals surface area contributed by atoms with Gasteiger partial charge >= 0.3 is 0 Å². The summed E-state index contributed by atoms with van der Waals surface area (Å²) in [5.74, 6) is -0.385. The Morgan fingerprint density at radius 1 is 1.22 bits per heavy atom. The van der Waals surface area contributed by atoms with Crippen LogP contribution in [0, 0.1) is 5.92 Å². The topological polar surface area (TPSA) is 72.6 Å². The average molecular weight is 318 g/mol. The third-order valence-corrected chi connectivity index (χ3v) is 4.23. The predicted molar refractivity (Wildman–Crippen MR) is 88.7 cm³/mol. The van der Waals surface area contributed by atoms with Gasteiger partial charge in [-0.05, 0) is 31.2 Å². The summed E-state index contributed by atoms with van der Waals surface area (Å²) in [5.41, 5.74) is 6.59. The van der Waals surface area contributed by atoms with Crippen LogP contribution in [0.4, 0.5) is 0 Å². The summed E-state index contributed by atoms with van der Waals surface area (Å²) in [6.07, 6.45) is 3.72. The lowest BCUT2D eigenvalue weighted by molar-refractivity contribution is -0.135. The maximum atomic E-state index is 12.1. The zero-order valence-electron chi connectivity index (χ0n) is 13.6. The molecule has 0 bridgehead atoms. The molecule has 0 radical (unpaired) electrons. The first kappa shape index (κ1) is 17.5. The van der Waals surface area contributed by atoms with E-state index in [-0.39, 0.29) is 17.7 Å². The lowest BCUT2D eigenvalue weighted by Crippen LogP contribution is -2.44. The van der Waals surface area contributed by atoms with Gasteiger partial charge in [-0.3, -0.25) is 9.59 Å². The highest BCUT2D eigenvalue weighted by Crippen LogP contribution is 2.17. The minimum Gasteiger partial charge on any atom is -0.381 e. The summed E-state index contributed by atoms with van der Waals surface area (Å²) in [7, 11) is 0. The molecule has 1 aromatic rings. The minimum absolute atomic E-state index is 0.0996. The minimum atomic E-state index is -0.299. The van der Waals surface area contributed by atoms with Crippen LogP contribution in [-0.2, 0) is 20.7 Å². The summed E-state index contributed by atoms with van der Waals surface area (Å²) < 4.78 is 5.59. The van der Waals surface area contributed by atoms with Crippen LogP contribution in [-0.4, -0.2) is 43.0 Å². The fraction of sp³-hybridized carbons (Fsp3) is 0.556. The summed E-state index contributed by atoms with van der Waals surface area (Å²) in [5, 5.41) is 0. The second-order valence-electron chi connectivity index (χ2n) is 6.03. The van der Waals surface area contributed by atoms with Gasteiger partial charge in [0.05, 0.1) is 12.5 Å². The molecule has 0 aromatic heterocycles. The smallest absolute Gasteiger partial charge is 0.222 e. The van der Waals surface area contributed by atoms with E-state index in [4.69, 9.17) is 10.5 Å². The number of hydrogen-bond donors (Lipinski definition) is 1. The van der Waals surface area contributed by atoms with Gasteiger partial charge in [0.25, 0.3) is 0 Å². The van der Waals surface area contributed by atoms with Crippen molar-refractivity contribution in [3.63, 3.8) is 0 Å². The standard InChI is InChI=1S/C18H26N2O3/c19-18(22)16-8-4-11-20(14-16)17(21)9-5-12-23-13-10-15-6-2-1-3-7-15/h1-3,6-7,16H,4-5,8-14H2,(H2,19,22). The normalized spacial score (nSPS) is 17.9. The van der Waals surface area contributed by atoms with E-state index in [0.717, 1.165) is 25.8 Å². The van der Waals surface area contributed by atoms with Gasteiger partial charge in [0.2, 0.25) is 11.8 Å². The fourth-order valence-corrected chi connectivity index (χ4v) is 2.86. The maximum Gasteiger partial charge on any atom is 0.222 e. The van der Waals surface area contributed by atoms with E-state index in [9.17, 15) is 9.59 Å². The largest absolute Gasteiger partial charge is 0.381 e. The van der Waals surface area contributed by atoms with Gasteiger partial charge in [-0.1, -0.05) is 30.3 Å². The third-order valence-electron chi connectivity index (χ3n) is 4.23. The molecule has 1 fully saturated rings. The third kappa shape index (κ3) is 6.02. The number of piperidine rings is 1. The highest BCUT2D eigenvalue weighted by atomic mass is 16.5. The summed E-state index contributed by atoms with van der Waals surface area (Å²) in [4.78, 5) is 25.1. The highest BCUT2D eigenvalue weighted by Gasteiger charge is 2.26. The van der Waals surface area contributed by atoms with Crippen LogP contribution < -0.4 is 5.73 Å². The quantitative estimate of drug-likeness (QED) is 0.742. The number of carbonyl (C=O) groups excluding carboxylic acids is 2. The van der Waals surface area contributed by atoms with E-state index in [2.05, 4.69) is 12.1 Å². The number of hydrogen-bond acceptors (Lipinski definition) is 3. The molecule has 2 amide bonds. The number of amides is 2. The zero-order chi connectivity index (χ0) is 16.5. The molecule has 0 spiro atoms. The Balaban J connectivity index is 1.57. The number of nitrogens with zero attached hydrogens (tertiary/aromatic N) is 1. The van der Waals surface area contributed by atoms with Crippen LogP contribution in [0.3, 0.4) is 0 Å². The number of carbonyl (C=O) groups is 2. The number of nitrogens with two attached hydrogens (primary N) is 1. The van der Waals surface area contributed by atoms with Crippen LogP contribution >= 0.6 is 0 Å². The van der Waals surface area contributed by atoms with Crippen molar-refractivity contribution in [1.29, 1.82) is 0 Å². The van der Waals surface area contributed by atoms with Gasteiger partial charge in [-0.25, -0.2) is 0 Å². The first-order chi connectivity index (χ1) is 11.2. The van der Waals surface area contributed by atoms with E-state index >= 15 is 0 Å². The van der Waals surface area contributed by atoms with Crippen LogP contribution in [0.2, 0.25) is 0 Å². The van der Waals surface area contributed by atoms with Gasteiger partial charge in [-0.15, -0.1) is 0 Å². The Hall–Kier alpha value is -1.88. The number of rotatable bonds is 8. The molecule has 1 saturated heterocycles. The molecular weight excluding hydrogens is 292 g/mol. The first-order valence-electron chi connectivity index (χ1n) is 8.35. The Labute approximate surface area is 137 Å². The molecular formula is C18H26N2O3. The van der Waals surface area contributed by atoms with E-state index in [1.165, 1.54) is 5.56 Å². The molecule has 1 aliphatic heterocycles. The number of likely N-dealkylation sites (tertiary alicyclic amines) is 1. The van der Waals surface area contributed by atoms with Crippen LogP contribution in [0.25, 0.3) is 0 Å². The molecule has 0 saturated carbocycles. The van der Waals surface area contributed by atoms with Crippen LogP contribution in [0.15, 0.2) is 30.3 Å². The second kappa shape index (κ2) is 9.30. The SMILES string of the molecule is NC(=O)C1CCCN(C(=O)CCCOCCc2ccccc2)C1. The van der Waals surface area contributed by atoms with E-state index in [1.54, 1.807) is 4.90 Å². The molecule has 1 atom stereocenters. The van der Waals surface area contributed by atoms with E-state index < -0.39 is 0 Å². The second-order valence-corrected chi connectivity index (χ2v) is 6.03. The van der Waals surface area contributed by atoms with Gasteiger partial charge in [0.15, 0.2) is 0 Å². The Morgan fingerprint density at radius 2 is 2.00 bits per heavy atom. The molecule has 23 heavy (non-hydrogen) atoms. The number of ether oxygens (including phenoxy) is 1. The van der Waals surface area contributed by atoms with E-state index in [0.29, 0.717) is 32.6 Å². The Bertz CT molecular complexity index is 504. The van der Waals surface area contributed by atoms with Crippen molar-refractivity contribution < 1.29 is 14.3 Å². The maximum absolute atomic E-state index is 12.1. The van der Waals surface area contributed by atoms with Gasteiger partial charge in [0, 0.05) is 26.1 Å². The highest BCUT2D eigenvalue weighted by molar-refractivity contribution is 5.80. The van der Waals surface area contributed by atoms with Crippen molar-refractivity contribution in [1.82, 2.24) is 4.90 Å². The molecule has 1 unspecified atom stereocenters. The monoisotopic (exact) mass is 318 g/mol. The van der Waals surface area contributed by atoms with Crippen molar-refractivity contribution in [2.45, 2.75) is 32.1 Å². The molecule has 2 rings (SSSR count). The summed E-state index contributed by atoms with van der Waals surface area (Å²) >= 11 is 0. The fourth-order valence-electron chi connectivity index (χ4n) is 2.86. The Morgan fingerprint density at radius 3 is 2.74 bits per heavy atom. The zero-order valence-corrected chi connectivity index (χ0v) is 13.6. The van der Waals surface area contributed by atoms with Gasteiger partial charge in [0.1, 0.15) is 0 Å². The van der Waals surface area contributed by atoms with Crippen molar-refractivity contribution >= 4 is 11.8 Å². The number of benzene rings is 1. The Kier molecular flexibility index (Phi) is 7.07.